The van der Waals surface area contributed by atoms with E-state index in [0.29, 0.717) is 24.4 Å². The second-order valence-electron chi connectivity index (χ2n) is 5.55. The molecule has 4 nitrogen and oxygen atoms in total. The third kappa shape index (κ3) is 3.53. The Morgan fingerprint density at radius 3 is 2.94 bits per heavy atom. The van der Waals surface area contributed by atoms with Crippen LogP contribution >= 0.6 is 0 Å². The zero-order valence-corrected chi connectivity index (χ0v) is 11.1. The lowest BCUT2D eigenvalue weighted by Crippen LogP contribution is -2.22. The Balaban J connectivity index is 1.92. The Morgan fingerprint density at radius 2 is 2.24 bits per heavy atom. The molecule has 0 radical (unpaired) electrons. The third-order valence-electron chi connectivity index (χ3n) is 3.45. The predicted octanol–water partition coefficient (Wildman–Crippen LogP) is 2.86. The van der Waals surface area contributed by atoms with Crippen LogP contribution in [0.5, 0.6) is 0 Å². The molecule has 1 aromatic heterocycles. The molecule has 1 aliphatic rings. The smallest absolute Gasteiger partial charge is 0.240 e. The average molecular weight is 237 g/mol. The summed E-state index contributed by atoms with van der Waals surface area (Å²) in [6.45, 7) is 7.21. The first-order valence-corrected chi connectivity index (χ1v) is 6.71. The van der Waals surface area contributed by atoms with Crippen LogP contribution in [0.2, 0.25) is 0 Å². The highest BCUT2D eigenvalue weighted by molar-refractivity contribution is 4.97. The Bertz CT molecular complexity index is 348. The van der Waals surface area contributed by atoms with Gasteiger partial charge in [0.2, 0.25) is 5.89 Å². The van der Waals surface area contributed by atoms with Crippen molar-refractivity contribution in [2.75, 3.05) is 0 Å². The molecule has 17 heavy (non-hydrogen) atoms. The van der Waals surface area contributed by atoms with Gasteiger partial charge in [0.1, 0.15) is 0 Å². The van der Waals surface area contributed by atoms with Crippen LogP contribution in [-0.2, 0) is 6.54 Å². The van der Waals surface area contributed by atoms with Crippen molar-refractivity contribution < 1.29 is 4.52 Å². The highest BCUT2D eigenvalue weighted by Gasteiger charge is 2.24. The second kappa shape index (κ2) is 5.63. The lowest BCUT2D eigenvalue weighted by atomic mass is 9.82. The van der Waals surface area contributed by atoms with Crippen molar-refractivity contribution in [1.29, 1.82) is 0 Å². The molecule has 2 unspecified atom stereocenters. The minimum Gasteiger partial charge on any atom is -0.338 e. The number of nitrogens with zero attached hydrogens (tertiary/aromatic N) is 2. The minimum atomic E-state index is 0.444. The van der Waals surface area contributed by atoms with E-state index >= 15 is 0 Å². The number of rotatable bonds is 4. The number of nitrogens with one attached hydrogen (secondary N) is 1. The van der Waals surface area contributed by atoms with Crippen LogP contribution in [0.25, 0.3) is 0 Å². The van der Waals surface area contributed by atoms with Gasteiger partial charge in [-0.2, -0.15) is 4.98 Å². The van der Waals surface area contributed by atoms with Crippen LogP contribution in [0.1, 0.15) is 64.1 Å². The van der Waals surface area contributed by atoms with Gasteiger partial charge in [-0.05, 0) is 18.8 Å². The molecule has 1 N–H and O–H groups in total. The maximum atomic E-state index is 5.28. The molecule has 1 saturated carbocycles. The fourth-order valence-electron chi connectivity index (χ4n) is 2.47. The van der Waals surface area contributed by atoms with Crippen molar-refractivity contribution in [3.8, 4) is 0 Å². The van der Waals surface area contributed by atoms with Crippen LogP contribution in [0.15, 0.2) is 4.52 Å². The summed E-state index contributed by atoms with van der Waals surface area (Å²) >= 11 is 0. The van der Waals surface area contributed by atoms with E-state index in [1.54, 1.807) is 0 Å². The molecule has 0 spiro atoms. The number of hydrogen-bond donors (Lipinski definition) is 1. The van der Waals surface area contributed by atoms with Gasteiger partial charge in [0.25, 0.3) is 0 Å². The summed E-state index contributed by atoms with van der Waals surface area (Å²) in [5, 5.41) is 7.42. The van der Waals surface area contributed by atoms with E-state index in [1.807, 2.05) is 0 Å². The van der Waals surface area contributed by atoms with Gasteiger partial charge in [0.05, 0.1) is 6.54 Å². The summed E-state index contributed by atoms with van der Waals surface area (Å²) in [5.74, 6) is 2.93. The Morgan fingerprint density at radius 1 is 1.41 bits per heavy atom. The van der Waals surface area contributed by atoms with Gasteiger partial charge >= 0.3 is 0 Å². The molecule has 1 fully saturated rings. The highest BCUT2D eigenvalue weighted by Crippen LogP contribution is 2.34. The zero-order chi connectivity index (χ0) is 12.3. The quantitative estimate of drug-likeness (QED) is 0.874. The lowest BCUT2D eigenvalue weighted by molar-refractivity contribution is 0.317. The van der Waals surface area contributed by atoms with Crippen molar-refractivity contribution in [3.63, 3.8) is 0 Å². The van der Waals surface area contributed by atoms with Gasteiger partial charge in [0, 0.05) is 12.0 Å². The van der Waals surface area contributed by atoms with Crippen molar-refractivity contribution in [3.05, 3.63) is 11.7 Å². The van der Waals surface area contributed by atoms with Crippen LogP contribution in [-0.4, -0.2) is 16.2 Å². The first-order valence-electron chi connectivity index (χ1n) is 6.71. The van der Waals surface area contributed by atoms with Crippen molar-refractivity contribution in [1.82, 2.24) is 15.5 Å². The van der Waals surface area contributed by atoms with Gasteiger partial charge in [-0.15, -0.1) is 0 Å². The van der Waals surface area contributed by atoms with Crippen molar-refractivity contribution >= 4 is 0 Å². The largest absolute Gasteiger partial charge is 0.338 e. The van der Waals surface area contributed by atoms with E-state index in [1.165, 1.54) is 25.7 Å². The summed E-state index contributed by atoms with van der Waals surface area (Å²) in [4.78, 5) is 4.50. The maximum Gasteiger partial charge on any atom is 0.240 e. The molecule has 2 rings (SSSR count). The fraction of sp³-hybridized carbons (Fsp3) is 0.846. The molecule has 0 aliphatic heterocycles. The van der Waals surface area contributed by atoms with Crippen LogP contribution in [0, 0.1) is 5.92 Å². The summed E-state index contributed by atoms with van der Waals surface area (Å²) in [6.07, 6.45) is 5.05. The molecule has 96 valence electrons. The van der Waals surface area contributed by atoms with Gasteiger partial charge in [-0.3, -0.25) is 0 Å². The normalized spacial score (nSPS) is 25.4. The summed E-state index contributed by atoms with van der Waals surface area (Å²) < 4.78 is 5.28. The molecular weight excluding hydrogens is 214 g/mol. The SMILES string of the molecule is CC1CCCC(c2noc(CNC(C)C)n2)C1. The van der Waals surface area contributed by atoms with Gasteiger partial charge in [-0.1, -0.05) is 38.8 Å². The minimum absolute atomic E-state index is 0.444. The van der Waals surface area contributed by atoms with E-state index in [-0.39, 0.29) is 0 Å². The zero-order valence-electron chi connectivity index (χ0n) is 11.1. The topological polar surface area (TPSA) is 51.0 Å². The van der Waals surface area contributed by atoms with E-state index in [4.69, 9.17) is 4.52 Å². The van der Waals surface area contributed by atoms with Gasteiger partial charge < -0.3 is 9.84 Å². The van der Waals surface area contributed by atoms with Gasteiger partial charge in [0.15, 0.2) is 5.82 Å². The molecule has 1 aromatic rings. The van der Waals surface area contributed by atoms with Crippen LogP contribution < -0.4 is 5.32 Å². The standard InChI is InChI=1S/C13H23N3O/c1-9(2)14-8-12-15-13(16-17-12)11-6-4-5-10(3)7-11/h9-11,14H,4-8H2,1-3H3. The Hall–Kier alpha value is -0.900. The van der Waals surface area contributed by atoms with E-state index in [0.717, 1.165) is 11.7 Å². The van der Waals surface area contributed by atoms with Crippen molar-refractivity contribution in [2.24, 2.45) is 5.92 Å². The van der Waals surface area contributed by atoms with Gasteiger partial charge in [-0.25, -0.2) is 0 Å². The summed E-state index contributed by atoms with van der Waals surface area (Å²) in [7, 11) is 0. The molecule has 2 atom stereocenters. The third-order valence-corrected chi connectivity index (χ3v) is 3.45. The molecule has 0 amide bonds. The second-order valence-corrected chi connectivity index (χ2v) is 5.55. The number of aromatic nitrogens is 2. The molecule has 1 aliphatic carbocycles. The number of hydrogen-bond acceptors (Lipinski definition) is 4. The Labute approximate surface area is 103 Å². The average Bonchev–Trinajstić information content (AvgIpc) is 2.75. The lowest BCUT2D eigenvalue weighted by Gasteiger charge is -2.23. The predicted molar refractivity (Wildman–Crippen MR) is 66.6 cm³/mol. The van der Waals surface area contributed by atoms with E-state index < -0.39 is 0 Å². The first-order chi connectivity index (χ1) is 8.15. The molecule has 1 heterocycles. The molecule has 4 heteroatoms. The van der Waals surface area contributed by atoms with Crippen molar-refractivity contribution in [2.45, 2.75) is 65.0 Å². The summed E-state index contributed by atoms with van der Waals surface area (Å²) in [5.41, 5.74) is 0. The highest BCUT2D eigenvalue weighted by atomic mass is 16.5. The Kier molecular flexibility index (Phi) is 4.15. The fourth-order valence-corrected chi connectivity index (χ4v) is 2.47. The maximum absolute atomic E-state index is 5.28. The molecular formula is C13H23N3O. The van der Waals surface area contributed by atoms with Crippen LogP contribution in [0.3, 0.4) is 0 Å². The van der Waals surface area contributed by atoms with E-state index in [9.17, 15) is 0 Å². The van der Waals surface area contributed by atoms with E-state index in [2.05, 4.69) is 36.2 Å². The molecule has 0 bridgehead atoms. The molecule has 0 saturated heterocycles. The first kappa shape index (κ1) is 12.6. The van der Waals surface area contributed by atoms with Crippen LogP contribution in [0.4, 0.5) is 0 Å². The monoisotopic (exact) mass is 237 g/mol. The summed E-state index contributed by atoms with van der Waals surface area (Å²) in [6, 6.07) is 0.444. The molecule has 0 aromatic carbocycles.